The number of benzene rings is 1. The van der Waals surface area contributed by atoms with Crippen LogP contribution < -0.4 is 0 Å². The van der Waals surface area contributed by atoms with Crippen molar-refractivity contribution >= 4 is 6.08 Å². The lowest BCUT2D eigenvalue weighted by Gasteiger charge is -1.99. The van der Waals surface area contributed by atoms with E-state index < -0.39 is 0 Å². The summed E-state index contributed by atoms with van der Waals surface area (Å²) in [7, 11) is 0. The lowest BCUT2D eigenvalue weighted by Crippen LogP contribution is -1.83. The predicted molar refractivity (Wildman–Crippen MR) is 59.4 cm³/mol. The molecule has 0 amide bonds. The van der Waals surface area contributed by atoms with E-state index in [-0.39, 0.29) is 0 Å². The minimum absolute atomic E-state index is 1.20. The van der Waals surface area contributed by atoms with E-state index in [9.17, 15) is 0 Å². The van der Waals surface area contributed by atoms with Gasteiger partial charge in [-0.3, -0.25) is 0 Å². The lowest BCUT2D eigenvalue weighted by molar-refractivity contribution is 0.795. The normalized spacial score (nSPS) is 10.9. The Bertz CT molecular complexity index is 254. The molecule has 0 aliphatic carbocycles. The van der Waals surface area contributed by atoms with Gasteiger partial charge in [0.25, 0.3) is 0 Å². The molecule has 0 saturated carbocycles. The molecule has 0 nitrogen and oxygen atoms in total. The van der Waals surface area contributed by atoms with Gasteiger partial charge in [0.05, 0.1) is 0 Å². The number of allylic oxidation sites excluding steroid dienone is 1. The molecular formula is C13H17. The van der Waals surface area contributed by atoms with Crippen LogP contribution in [0.3, 0.4) is 0 Å². The van der Waals surface area contributed by atoms with Crippen molar-refractivity contribution in [3.63, 3.8) is 0 Å². The Morgan fingerprint density at radius 2 is 1.92 bits per heavy atom. The molecule has 0 saturated heterocycles. The molecule has 0 spiro atoms. The Morgan fingerprint density at radius 1 is 1.23 bits per heavy atom. The second-order valence-electron chi connectivity index (χ2n) is 3.25. The summed E-state index contributed by atoms with van der Waals surface area (Å²) in [6.45, 7) is 5.89. The van der Waals surface area contributed by atoms with E-state index in [4.69, 9.17) is 0 Å². The van der Waals surface area contributed by atoms with E-state index in [0.717, 1.165) is 0 Å². The van der Waals surface area contributed by atoms with Crippen LogP contribution in [0.2, 0.25) is 0 Å². The Labute approximate surface area is 81.3 Å². The van der Waals surface area contributed by atoms with Crippen LogP contribution in [0.5, 0.6) is 0 Å². The summed E-state index contributed by atoms with van der Waals surface area (Å²) in [4.78, 5) is 0. The van der Waals surface area contributed by atoms with E-state index in [1.807, 2.05) is 12.2 Å². The first kappa shape index (κ1) is 10.0. The summed E-state index contributed by atoms with van der Waals surface area (Å²) in [5.41, 5.74) is 2.67. The molecule has 0 aliphatic rings. The fraction of sp³-hybridized carbons (Fsp3) is 0.308. The zero-order chi connectivity index (χ0) is 9.52. The topological polar surface area (TPSA) is 0 Å². The zero-order valence-corrected chi connectivity index (χ0v) is 8.29. The van der Waals surface area contributed by atoms with Crippen molar-refractivity contribution in [2.24, 2.45) is 0 Å². The van der Waals surface area contributed by atoms with E-state index in [1.165, 1.54) is 30.4 Å². The van der Waals surface area contributed by atoms with Crippen LogP contribution in [0, 0.1) is 6.92 Å². The Kier molecular flexibility index (Phi) is 4.31. The van der Waals surface area contributed by atoms with Gasteiger partial charge in [-0.15, -0.1) is 0 Å². The van der Waals surface area contributed by atoms with Crippen LogP contribution in [-0.4, -0.2) is 0 Å². The molecule has 0 heteroatoms. The van der Waals surface area contributed by atoms with E-state index in [1.54, 1.807) is 0 Å². The first-order chi connectivity index (χ1) is 6.36. The van der Waals surface area contributed by atoms with Crippen molar-refractivity contribution in [3.8, 4) is 0 Å². The number of hydrogen-bond donors (Lipinski definition) is 0. The third-order valence-electron chi connectivity index (χ3n) is 2.11. The molecule has 0 heterocycles. The van der Waals surface area contributed by atoms with E-state index in [2.05, 4.69) is 38.1 Å². The van der Waals surface area contributed by atoms with Gasteiger partial charge in [0, 0.05) is 0 Å². The highest BCUT2D eigenvalue weighted by atomic mass is 14.0. The second-order valence-corrected chi connectivity index (χ2v) is 3.25. The molecule has 1 radical (unpaired) electrons. The van der Waals surface area contributed by atoms with Gasteiger partial charge in [-0.25, -0.2) is 0 Å². The van der Waals surface area contributed by atoms with Crippen molar-refractivity contribution in [2.45, 2.75) is 26.2 Å². The highest BCUT2D eigenvalue weighted by Gasteiger charge is 1.91. The average molecular weight is 173 g/mol. The van der Waals surface area contributed by atoms with Gasteiger partial charge in [0.2, 0.25) is 0 Å². The largest absolute Gasteiger partial charge is 0.0836 e. The molecule has 0 fully saturated rings. The van der Waals surface area contributed by atoms with Gasteiger partial charge in [-0.1, -0.05) is 49.8 Å². The maximum atomic E-state index is 3.67. The van der Waals surface area contributed by atoms with Crippen LogP contribution >= 0.6 is 0 Å². The van der Waals surface area contributed by atoms with E-state index >= 15 is 0 Å². The predicted octanol–water partition coefficient (Wildman–Crippen LogP) is 3.88. The van der Waals surface area contributed by atoms with Crippen molar-refractivity contribution < 1.29 is 0 Å². The first-order valence-corrected chi connectivity index (χ1v) is 4.91. The van der Waals surface area contributed by atoms with Gasteiger partial charge in [-0.2, -0.15) is 0 Å². The van der Waals surface area contributed by atoms with Gasteiger partial charge in [-0.05, 0) is 30.9 Å². The fourth-order valence-corrected chi connectivity index (χ4v) is 1.31. The number of unbranched alkanes of at least 4 members (excludes halogenated alkanes) is 1. The number of rotatable bonds is 4. The summed E-state index contributed by atoms with van der Waals surface area (Å²) in [5.74, 6) is 0. The van der Waals surface area contributed by atoms with Crippen LogP contribution in [0.25, 0.3) is 6.08 Å². The van der Waals surface area contributed by atoms with Gasteiger partial charge < -0.3 is 0 Å². The maximum absolute atomic E-state index is 3.67. The minimum atomic E-state index is 1.20. The summed E-state index contributed by atoms with van der Waals surface area (Å²) in [6, 6.07) is 8.69. The van der Waals surface area contributed by atoms with Crippen molar-refractivity contribution in [1.82, 2.24) is 0 Å². The van der Waals surface area contributed by atoms with E-state index in [0.29, 0.717) is 0 Å². The minimum Gasteiger partial charge on any atom is -0.0836 e. The summed E-state index contributed by atoms with van der Waals surface area (Å²) in [6.07, 6.45) is 7.58. The molecule has 0 aromatic heterocycles. The smallest absolute Gasteiger partial charge is 0.0260 e. The molecule has 69 valence electrons. The summed E-state index contributed by atoms with van der Waals surface area (Å²) in [5, 5.41) is 0. The van der Waals surface area contributed by atoms with Crippen LogP contribution in [0.1, 0.15) is 30.9 Å². The van der Waals surface area contributed by atoms with Gasteiger partial charge in [0.1, 0.15) is 0 Å². The molecule has 1 aromatic carbocycles. The number of aryl methyl sites for hydroxylation is 1. The third kappa shape index (κ3) is 3.45. The molecular weight excluding hydrogens is 156 g/mol. The first-order valence-electron chi connectivity index (χ1n) is 4.91. The fourth-order valence-electron chi connectivity index (χ4n) is 1.31. The third-order valence-corrected chi connectivity index (χ3v) is 2.11. The van der Waals surface area contributed by atoms with Crippen LogP contribution in [0.15, 0.2) is 30.3 Å². The van der Waals surface area contributed by atoms with Crippen LogP contribution in [0.4, 0.5) is 0 Å². The highest BCUT2D eigenvalue weighted by Crippen LogP contribution is 2.08. The Balaban J connectivity index is 2.58. The van der Waals surface area contributed by atoms with Crippen molar-refractivity contribution in [3.05, 3.63) is 48.4 Å². The molecule has 1 aromatic rings. The Hall–Kier alpha value is -1.04. The zero-order valence-electron chi connectivity index (χ0n) is 8.29. The second kappa shape index (κ2) is 5.58. The molecule has 0 atom stereocenters. The quantitative estimate of drug-likeness (QED) is 0.648. The molecule has 0 N–H and O–H groups in total. The lowest BCUT2D eigenvalue weighted by atomic mass is 10.1. The van der Waals surface area contributed by atoms with Crippen molar-refractivity contribution in [1.29, 1.82) is 0 Å². The van der Waals surface area contributed by atoms with Gasteiger partial charge >= 0.3 is 0 Å². The SMILES string of the molecule is [CH2]C=Cc1ccc(CCCC)cc1. The van der Waals surface area contributed by atoms with Gasteiger partial charge in [0.15, 0.2) is 0 Å². The monoisotopic (exact) mass is 173 g/mol. The molecule has 0 aliphatic heterocycles. The summed E-state index contributed by atoms with van der Waals surface area (Å²) >= 11 is 0. The Morgan fingerprint density at radius 3 is 2.46 bits per heavy atom. The van der Waals surface area contributed by atoms with Crippen LogP contribution in [-0.2, 0) is 6.42 Å². The standard InChI is InChI=1S/C13H17/c1-3-5-7-13-10-8-12(6-4-2)9-11-13/h4,6,8-11H,2-3,5,7H2,1H3. The molecule has 13 heavy (non-hydrogen) atoms. The highest BCUT2D eigenvalue weighted by molar-refractivity contribution is 5.49. The number of hydrogen-bond acceptors (Lipinski definition) is 0. The molecule has 0 unspecified atom stereocenters. The maximum Gasteiger partial charge on any atom is -0.0260 e. The molecule has 0 bridgehead atoms. The molecule has 1 rings (SSSR count). The average Bonchev–Trinajstić information content (AvgIpc) is 2.17. The van der Waals surface area contributed by atoms with Crippen molar-refractivity contribution in [2.75, 3.05) is 0 Å². The summed E-state index contributed by atoms with van der Waals surface area (Å²) < 4.78 is 0.